The highest BCUT2D eigenvalue weighted by atomic mass is 32.2. The van der Waals surface area contributed by atoms with Crippen LogP contribution in [-0.2, 0) is 10.0 Å². The first-order chi connectivity index (χ1) is 11.4. The molecule has 0 bridgehead atoms. The minimum Gasteiger partial charge on any atom is -0.304 e. The number of nitrogens with zero attached hydrogens (tertiary/aromatic N) is 1. The van der Waals surface area contributed by atoms with Gasteiger partial charge in [-0.15, -0.1) is 0 Å². The van der Waals surface area contributed by atoms with Gasteiger partial charge < -0.3 is 4.90 Å². The third-order valence-electron chi connectivity index (χ3n) is 4.63. The molecule has 3 rings (SSSR count). The maximum Gasteiger partial charge on any atom is 0.214 e. The molecular weight excluding hydrogens is 340 g/mol. The van der Waals surface area contributed by atoms with Gasteiger partial charge in [0, 0.05) is 25.0 Å². The minimum atomic E-state index is -3.26. The van der Waals surface area contributed by atoms with E-state index in [-0.39, 0.29) is 12.0 Å². The first-order valence-corrected chi connectivity index (χ1v) is 10.7. The zero-order valence-electron chi connectivity index (χ0n) is 14.3. The fourth-order valence-electron chi connectivity index (χ4n) is 3.16. The lowest BCUT2D eigenvalue weighted by atomic mass is 9.93. The number of hydrogen-bond acceptors (Lipinski definition) is 4. The van der Waals surface area contributed by atoms with Gasteiger partial charge in [0.05, 0.1) is 5.25 Å². The molecule has 0 aliphatic carbocycles. The van der Waals surface area contributed by atoms with Gasteiger partial charge in [0.25, 0.3) is 0 Å². The fourth-order valence-corrected chi connectivity index (χ4v) is 4.75. The number of benzene rings is 1. The van der Waals surface area contributed by atoms with E-state index < -0.39 is 15.3 Å². The third-order valence-corrected chi connectivity index (χ3v) is 7.19. The molecule has 1 aromatic carbocycles. The van der Waals surface area contributed by atoms with Gasteiger partial charge in [-0.3, -0.25) is 0 Å². The minimum absolute atomic E-state index is 0.0746. The molecule has 0 unspecified atom stereocenters. The SMILES string of the molecule is CC(C)S(=O)(=O)N[C@H]1CN(C)C[C@@H]1c1ccc(-c2ccsc2)cc1. The zero-order valence-corrected chi connectivity index (χ0v) is 15.9. The number of nitrogens with one attached hydrogen (secondary N) is 1. The Balaban J connectivity index is 1.81. The summed E-state index contributed by atoms with van der Waals surface area (Å²) in [6.45, 7) is 5.03. The molecule has 1 aliphatic heterocycles. The standard InChI is InChI=1S/C18H24N2O2S2/c1-13(2)24(21,22)19-18-11-20(3)10-17(18)15-6-4-14(5-7-15)16-8-9-23-12-16/h4-9,12-13,17-19H,10-11H2,1-3H3/t17-,18+/m1/s1. The summed E-state index contributed by atoms with van der Waals surface area (Å²) in [5.74, 6) is 0.181. The molecule has 2 heterocycles. The second-order valence-electron chi connectivity index (χ2n) is 6.78. The van der Waals surface area contributed by atoms with Crippen LogP contribution in [0.2, 0.25) is 0 Å². The van der Waals surface area contributed by atoms with Crippen molar-refractivity contribution in [3.05, 3.63) is 46.7 Å². The van der Waals surface area contributed by atoms with E-state index in [0.29, 0.717) is 0 Å². The summed E-state index contributed by atoms with van der Waals surface area (Å²) >= 11 is 1.69. The second-order valence-corrected chi connectivity index (χ2v) is 9.83. The van der Waals surface area contributed by atoms with Crippen LogP contribution in [-0.4, -0.2) is 44.7 Å². The van der Waals surface area contributed by atoms with E-state index in [4.69, 9.17) is 0 Å². The van der Waals surface area contributed by atoms with Crippen LogP contribution >= 0.6 is 11.3 Å². The van der Waals surface area contributed by atoms with Gasteiger partial charge in [0.2, 0.25) is 10.0 Å². The van der Waals surface area contributed by atoms with Crippen molar-refractivity contribution >= 4 is 21.4 Å². The summed E-state index contributed by atoms with van der Waals surface area (Å²) in [4.78, 5) is 2.19. The van der Waals surface area contributed by atoms with Crippen molar-refractivity contribution < 1.29 is 8.42 Å². The summed E-state index contributed by atoms with van der Waals surface area (Å²) < 4.78 is 27.4. The van der Waals surface area contributed by atoms with Crippen LogP contribution in [0.1, 0.15) is 25.3 Å². The largest absolute Gasteiger partial charge is 0.304 e. The van der Waals surface area contributed by atoms with Gasteiger partial charge in [-0.25, -0.2) is 13.1 Å². The molecule has 130 valence electrons. The highest BCUT2D eigenvalue weighted by molar-refractivity contribution is 7.90. The second kappa shape index (κ2) is 6.96. The summed E-state index contributed by atoms with van der Waals surface area (Å²) in [5, 5.41) is 3.80. The van der Waals surface area contributed by atoms with Crippen LogP contribution in [0.3, 0.4) is 0 Å². The smallest absolute Gasteiger partial charge is 0.214 e. The molecule has 24 heavy (non-hydrogen) atoms. The molecule has 2 aromatic rings. The first-order valence-electron chi connectivity index (χ1n) is 8.19. The van der Waals surface area contributed by atoms with Crippen molar-refractivity contribution in [1.29, 1.82) is 0 Å². The van der Waals surface area contributed by atoms with Crippen molar-refractivity contribution in [3.63, 3.8) is 0 Å². The Hall–Kier alpha value is -1.21. The van der Waals surface area contributed by atoms with Crippen molar-refractivity contribution in [1.82, 2.24) is 9.62 Å². The van der Waals surface area contributed by atoms with E-state index in [2.05, 4.69) is 50.7 Å². The molecule has 6 heteroatoms. The number of thiophene rings is 1. The zero-order chi connectivity index (χ0) is 17.3. The third kappa shape index (κ3) is 3.72. The Kier molecular flexibility index (Phi) is 5.11. The Bertz CT molecular complexity index is 768. The summed E-state index contributed by atoms with van der Waals surface area (Å²) in [5.41, 5.74) is 3.62. The summed E-state index contributed by atoms with van der Waals surface area (Å²) in [7, 11) is -1.23. The predicted molar refractivity (Wildman–Crippen MR) is 101 cm³/mol. The number of hydrogen-bond donors (Lipinski definition) is 1. The first kappa shape index (κ1) is 17.6. The van der Waals surface area contributed by atoms with E-state index >= 15 is 0 Å². The number of likely N-dealkylation sites (N-methyl/N-ethyl adjacent to an activating group) is 1. The van der Waals surface area contributed by atoms with Crippen LogP contribution in [0.4, 0.5) is 0 Å². The fraction of sp³-hybridized carbons (Fsp3) is 0.444. The van der Waals surface area contributed by atoms with E-state index in [1.165, 1.54) is 16.7 Å². The highest BCUT2D eigenvalue weighted by Crippen LogP contribution is 2.30. The molecule has 2 atom stereocenters. The molecule has 0 amide bonds. The topological polar surface area (TPSA) is 49.4 Å². The Morgan fingerprint density at radius 3 is 2.42 bits per heavy atom. The van der Waals surface area contributed by atoms with E-state index in [9.17, 15) is 8.42 Å². The van der Waals surface area contributed by atoms with Crippen LogP contribution in [0.15, 0.2) is 41.1 Å². The van der Waals surface area contributed by atoms with Gasteiger partial charge in [-0.1, -0.05) is 24.3 Å². The van der Waals surface area contributed by atoms with Gasteiger partial charge in [0.1, 0.15) is 0 Å². The molecule has 0 saturated carbocycles. The molecule has 0 spiro atoms. The quantitative estimate of drug-likeness (QED) is 0.887. The highest BCUT2D eigenvalue weighted by Gasteiger charge is 2.35. The van der Waals surface area contributed by atoms with Gasteiger partial charge >= 0.3 is 0 Å². The number of sulfonamides is 1. The molecule has 1 aliphatic rings. The maximum atomic E-state index is 12.3. The van der Waals surface area contributed by atoms with E-state index in [1.807, 2.05) is 7.05 Å². The average Bonchev–Trinajstić information content (AvgIpc) is 3.17. The summed E-state index contributed by atoms with van der Waals surface area (Å²) in [6.07, 6.45) is 0. The lowest BCUT2D eigenvalue weighted by molar-refractivity contribution is 0.404. The lowest BCUT2D eigenvalue weighted by Gasteiger charge is -2.21. The summed E-state index contributed by atoms with van der Waals surface area (Å²) in [6, 6.07) is 10.6. The molecule has 4 nitrogen and oxygen atoms in total. The van der Waals surface area contributed by atoms with Crippen LogP contribution in [0.5, 0.6) is 0 Å². The molecule has 1 N–H and O–H groups in total. The Labute approximate surface area is 148 Å². The predicted octanol–water partition coefficient (Wildman–Crippen LogP) is 3.14. The van der Waals surface area contributed by atoms with Crippen LogP contribution in [0.25, 0.3) is 11.1 Å². The van der Waals surface area contributed by atoms with Crippen LogP contribution < -0.4 is 4.72 Å². The monoisotopic (exact) mass is 364 g/mol. The molecule has 1 aromatic heterocycles. The molecule has 1 saturated heterocycles. The lowest BCUT2D eigenvalue weighted by Crippen LogP contribution is -2.42. The average molecular weight is 365 g/mol. The van der Waals surface area contributed by atoms with Gasteiger partial charge in [0.15, 0.2) is 0 Å². The van der Waals surface area contributed by atoms with Crippen molar-refractivity contribution in [2.24, 2.45) is 0 Å². The molecular formula is C18H24N2O2S2. The molecule has 0 radical (unpaired) electrons. The maximum absolute atomic E-state index is 12.3. The Morgan fingerprint density at radius 1 is 1.12 bits per heavy atom. The van der Waals surface area contributed by atoms with E-state index in [0.717, 1.165) is 13.1 Å². The molecule has 1 fully saturated rings. The van der Waals surface area contributed by atoms with Gasteiger partial charge in [-0.2, -0.15) is 11.3 Å². The number of likely N-dealkylation sites (tertiary alicyclic amines) is 1. The van der Waals surface area contributed by atoms with Gasteiger partial charge in [-0.05, 0) is 54.4 Å². The number of rotatable bonds is 5. The van der Waals surface area contributed by atoms with E-state index in [1.54, 1.807) is 25.2 Å². The van der Waals surface area contributed by atoms with Crippen molar-refractivity contribution in [2.45, 2.75) is 31.1 Å². The normalized spacial score (nSPS) is 22.3. The van der Waals surface area contributed by atoms with Crippen molar-refractivity contribution in [2.75, 3.05) is 20.1 Å². The van der Waals surface area contributed by atoms with Crippen LogP contribution in [0, 0.1) is 0 Å². The Morgan fingerprint density at radius 2 is 1.83 bits per heavy atom. The van der Waals surface area contributed by atoms with Crippen molar-refractivity contribution in [3.8, 4) is 11.1 Å².